The molecule has 1 aliphatic carbocycles. The van der Waals surface area contributed by atoms with E-state index in [0.29, 0.717) is 12.8 Å². The van der Waals surface area contributed by atoms with Crippen molar-refractivity contribution in [3.8, 4) is 0 Å². The molecule has 1 aliphatic rings. The van der Waals surface area contributed by atoms with Gasteiger partial charge >= 0.3 is 19.2 Å². The molecule has 0 bridgehead atoms. The van der Waals surface area contributed by atoms with E-state index in [1.165, 1.54) is 0 Å². The maximum atomic E-state index is 11.8. The fourth-order valence-corrected chi connectivity index (χ4v) is 2.69. The molecule has 0 unspecified atom stereocenters. The van der Waals surface area contributed by atoms with Crippen LogP contribution < -0.4 is 5.32 Å². The van der Waals surface area contributed by atoms with Crippen LogP contribution in [0.4, 0.5) is 4.79 Å². The van der Waals surface area contributed by atoms with Gasteiger partial charge in [-0.3, -0.25) is 0 Å². The molecule has 0 aliphatic heterocycles. The van der Waals surface area contributed by atoms with Gasteiger partial charge in [0.15, 0.2) is 0 Å². The number of rotatable bonds is 6. The zero-order valence-corrected chi connectivity index (χ0v) is 14.7. The summed E-state index contributed by atoms with van der Waals surface area (Å²) in [5, 5.41) is 30.1. The molecule has 1 amide bonds. The molecule has 0 spiro atoms. The second-order valence-electron chi connectivity index (χ2n) is 7.47. The van der Waals surface area contributed by atoms with Crippen LogP contribution in [0.2, 0.25) is 0 Å². The van der Waals surface area contributed by atoms with E-state index in [9.17, 15) is 24.7 Å². The summed E-state index contributed by atoms with van der Waals surface area (Å²) in [5.41, 5.74) is 0.826. The highest BCUT2D eigenvalue weighted by Gasteiger charge is 2.53. The molecule has 1 aromatic rings. The van der Waals surface area contributed by atoms with Gasteiger partial charge in [-0.2, -0.15) is 0 Å². The van der Waals surface area contributed by atoms with Gasteiger partial charge in [0.1, 0.15) is 11.6 Å². The van der Waals surface area contributed by atoms with E-state index >= 15 is 0 Å². The Kier molecular flexibility index (Phi) is 5.44. The molecule has 136 valence electrons. The van der Waals surface area contributed by atoms with Gasteiger partial charge in [-0.15, -0.1) is 0 Å². The van der Waals surface area contributed by atoms with Gasteiger partial charge < -0.3 is 25.2 Å². The molecular weight excluding hydrogens is 325 g/mol. The molecule has 0 heterocycles. The van der Waals surface area contributed by atoms with E-state index in [-0.39, 0.29) is 6.42 Å². The minimum Gasteiger partial charge on any atom is -0.480 e. The molecule has 1 atom stereocenters. The summed E-state index contributed by atoms with van der Waals surface area (Å²) in [7, 11) is -1.40. The van der Waals surface area contributed by atoms with Crippen molar-refractivity contribution < 1.29 is 29.5 Å². The Labute approximate surface area is 147 Å². The maximum Gasteiger partial charge on any atom is 0.462 e. The Hall–Kier alpha value is -2.06. The van der Waals surface area contributed by atoms with Gasteiger partial charge in [-0.25, -0.2) is 9.59 Å². The standard InChI is InChI=1S/C17H24BNO6/c1-16(2,3)25-15(22)19-13(14(20)21)10-11-4-6-12(7-5-11)17(8-9-17)18(23)24/h4-7,13,23-24H,8-10H2,1-3H3,(H,19,22)(H,20,21)/t13-/m0/s1. The van der Waals surface area contributed by atoms with E-state index < -0.39 is 36.1 Å². The van der Waals surface area contributed by atoms with E-state index in [4.69, 9.17) is 4.74 Å². The number of carboxylic acid groups (broad SMARTS) is 1. The Morgan fingerprint density at radius 1 is 1.24 bits per heavy atom. The molecule has 1 fully saturated rings. The lowest BCUT2D eigenvalue weighted by Crippen LogP contribution is -2.44. The average molecular weight is 349 g/mol. The van der Waals surface area contributed by atoms with E-state index in [1.807, 2.05) is 0 Å². The second-order valence-corrected chi connectivity index (χ2v) is 7.47. The molecule has 0 radical (unpaired) electrons. The normalized spacial score (nSPS) is 16.7. The number of hydrogen-bond donors (Lipinski definition) is 4. The van der Waals surface area contributed by atoms with Crippen LogP contribution in [0.15, 0.2) is 24.3 Å². The van der Waals surface area contributed by atoms with Gasteiger partial charge in [0.2, 0.25) is 0 Å². The van der Waals surface area contributed by atoms with Crippen LogP contribution in [0.25, 0.3) is 0 Å². The predicted octanol–water partition coefficient (Wildman–Crippen LogP) is 1.25. The highest BCUT2D eigenvalue weighted by atomic mass is 16.6. The van der Waals surface area contributed by atoms with Gasteiger partial charge in [0.05, 0.1) is 0 Å². The van der Waals surface area contributed by atoms with Crippen molar-refractivity contribution in [3.05, 3.63) is 35.4 Å². The second kappa shape index (κ2) is 7.05. The van der Waals surface area contributed by atoms with Crippen molar-refractivity contribution in [2.24, 2.45) is 0 Å². The third-order valence-corrected chi connectivity index (χ3v) is 4.24. The monoisotopic (exact) mass is 349 g/mol. The minimum atomic E-state index is -1.40. The Balaban J connectivity index is 2.03. The summed E-state index contributed by atoms with van der Waals surface area (Å²) in [6, 6.07) is 5.91. The van der Waals surface area contributed by atoms with Crippen LogP contribution in [-0.2, 0) is 21.3 Å². The zero-order chi connectivity index (χ0) is 18.8. The van der Waals surface area contributed by atoms with Crippen molar-refractivity contribution in [1.82, 2.24) is 5.32 Å². The first kappa shape index (κ1) is 19.3. The number of benzene rings is 1. The fourth-order valence-electron chi connectivity index (χ4n) is 2.69. The van der Waals surface area contributed by atoms with E-state index in [2.05, 4.69) is 5.32 Å². The molecule has 25 heavy (non-hydrogen) atoms. The number of carbonyl (C=O) groups is 2. The number of alkyl carbamates (subject to hydrolysis) is 1. The molecule has 1 aromatic carbocycles. The minimum absolute atomic E-state index is 0.101. The quantitative estimate of drug-likeness (QED) is 0.575. The van der Waals surface area contributed by atoms with Crippen LogP contribution >= 0.6 is 0 Å². The number of ether oxygens (including phenoxy) is 1. The molecule has 8 heteroatoms. The van der Waals surface area contributed by atoms with Crippen LogP contribution in [0, 0.1) is 0 Å². The SMILES string of the molecule is CC(C)(C)OC(=O)N[C@@H](Cc1ccc(C2(B(O)O)CC2)cc1)C(=O)O. The first-order valence-electron chi connectivity index (χ1n) is 8.21. The Morgan fingerprint density at radius 3 is 2.20 bits per heavy atom. The smallest absolute Gasteiger partial charge is 0.462 e. The van der Waals surface area contributed by atoms with Crippen molar-refractivity contribution in [1.29, 1.82) is 0 Å². The van der Waals surface area contributed by atoms with Crippen LogP contribution in [0.1, 0.15) is 44.7 Å². The third kappa shape index (κ3) is 4.96. The molecule has 2 rings (SSSR count). The van der Waals surface area contributed by atoms with Crippen molar-refractivity contribution in [3.63, 3.8) is 0 Å². The number of hydrogen-bond acceptors (Lipinski definition) is 5. The summed E-state index contributed by atoms with van der Waals surface area (Å²) >= 11 is 0. The van der Waals surface area contributed by atoms with Crippen molar-refractivity contribution in [2.75, 3.05) is 0 Å². The molecule has 4 N–H and O–H groups in total. The van der Waals surface area contributed by atoms with Crippen molar-refractivity contribution >= 4 is 19.2 Å². The molecule has 0 aromatic heterocycles. The van der Waals surface area contributed by atoms with E-state index in [0.717, 1.165) is 11.1 Å². The van der Waals surface area contributed by atoms with Gasteiger partial charge in [-0.05, 0) is 44.7 Å². The van der Waals surface area contributed by atoms with Gasteiger partial charge in [-0.1, -0.05) is 24.3 Å². The number of carboxylic acids is 1. The highest BCUT2D eigenvalue weighted by molar-refractivity contribution is 6.47. The van der Waals surface area contributed by atoms with Gasteiger partial charge in [0.25, 0.3) is 0 Å². The summed E-state index contributed by atoms with van der Waals surface area (Å²) in [6.45, 7) is 5.10. The lowest BCUT2D eigenvalue weighted by molar-refractivity contribution is -0.139. The Morgan fingerprint density at radius 2 is 1.80 bits per heavy atom. The lowest BCUT2D eigenvalue weighted by atomic mass is 9.65. The lowest BCUT2D eigenvalue weighted by Gasteiger charge is -2.22. The number of amides is 1. The average Bonchev–Trinajstić information content (AvgIpc) is 3.27. The summed E-state index contributed by atoms with van der Waals surface area (Å²) in [5.74, 6) is -1.15. The topological polar surface area (TPSA) is 116 Å². The molecule has 1 saturated carbocycles. The van der Waals surface area contributed by atoms with Crippen molar-refractivity contribution in [2.45, 2.75) is 57.0 Å². The number of nitrogens with one attached hydrogen (secondary N) is 1. The fraction of sp³-hybridized carbons (Fsp3) is 0.529. The van der Waals surface area contributed by atoms with Gasteiger partial charge in [0, 0.05) is 11.7 Å². The number of aliphatic carboxylic acids is 1. The largest absolute Gasteiger partial charge is 0.480 e. The number of carbonyl (C=O) groups excluding carboxylic acids is 1. The summed E-state index contributed by atoms with van der Waals surface area (Å²) in [6.07, 6.45) is 0.741. The maximum absolute atomic E-state index is 11.8. The zero-order valence-electron chi connectivity index (χ0n) is 14.7. The van der Waals surface area contributed by atoms with Crippen LogP contribution in [0.5, 0.6) is 0 Å². The molecule has 7 nitrogen and oxygen atoms in total. The third-order valence-electron chi connectivity index (χ3n) is 4.24. The first-order chi connectivity index (χ1) is 11.5. The summed E-state index contributed by atoms with van der Waals surface area (Å²) in [4.78, 5) is 23.2. The summed E-state index contributed by atoms with van der Waals surface area (Å²) < 4.78 is 5.09. The Bertz CT molecular complexity index is 634. The highest BCUT2D eigenvalue weighted by Crippen LogP contribution is 2.48. The predicted molar refractivity (Wildman–Crippen MR) is 92.0 cm³/mol. The first-order valence-corrected chi connectivity index (χ1v) is 8.21. The molecule has 0 saturated heterocycles. The van der Waals surface area contributed by atoms with E-state index in [1.54, 1.807) is 45.0 Å². The molecular formula is C17H24BNO6. The van der Waals surface area contributed by atoms with Crippen LogP contribution in [-0.4, -0.2) is 46.0 Å². The van der Waals surface area contributed by atoms with Crippen LogP contribution in [0.3, 0.4) is 0 Å².